The lowest BCUT2D eigenvalue weighted by atomic mass is 9.93. The lowest BCUT2D eigenvalue weighted by molar-refractivity contribution is -0.136. The van der Waals surface area contributed by atoms with Crippen molar-refractivity contribution in [3.63, 3.8) is 0 Å². The van der Waals surface area contributed by atoms with E-state index >= 15 is 0 Å². The number of rotatable bonds is 3. The highest BCUT2D eigenvalue weighted by Crippen LogP contribution is 2.31. The van der Waals surface area contributed by atoms with Crippen LogP contribution in [0.5, 0.6) is 0 Å². The molecule has 2 heterocycles. The second-order valence-electron chi connectivity index (χ2n) is 6.48. The topological polar surface area (TPSA) is 95.6 Å². The highest BCUT2D eigenvalue weighted by molar-refractivity contribution is 6.23. The van der Waals surface area contributed by atoms with E-state index in [4.69, 9.17) is 0 Å². The van der Waals surface area contributed by atoms with Gasteiger partial charge in [-0.05, 0) is 43.9 Å². The molecule has 24 heavy (non-hydrogen) atoms. The van der Waals surface area contributed by atoms with E-state index in [2.05, 4.69) is 10.6 Å². The first-order valence-electron chi connectivity index (χ1n) is 8.17. The molecule has 124 valence electrons. The molecule has 0 radical (unpaired) electrons. The van der Waals surface area contributed by atoms with Gasteiger partial charge >= 0.3 is 0 Å². The van der Waals surface area contributed by atoms with Crippen LogP contribution in [0.2, 0.25) is 0 Å². The van der Waals surface area contributed by atoms with Crippen molar-refractivity contribution in [2.45, 2.75) is 44.2 Å². The van der Waals surface area contributed by atoms with Crippen molar-refractivity contribution in [3.05, 3.63) is 29.3 Å². The summed E-state index contributed by atoms with van der Waals surface area (Å²) in [7, 11) is 0. The molecule has 4 rings (SSSR count). The SMILES string of the molecule is O=C1CCC(N2C(=O)c3ccc(NC4CCC4)cc3C2=O)C(=O)N1. The number of carbonyl (C=O) groups is 4. The minimum absolute atomic E-state index is 0.123. The van der Waals surface area contributed by atoms with Crippen LogP contribution in [0.25, 0.3) is 0 Å². The molecule has 0 aromatic heterocycles. The van der Waals surface area contributed by atoms with E-state index in [0.717, 1.165) is 23.4 Å². The summed E-state index contributed by atoms with van der Waals surface area (Å²) in [4.78, 5) is 49.5. The van der Waals surface area contributed by atoms with Crippen molar-refractivity contribution < 1.29 is 19.2 Å². The minimum Gasteiger partial charge on any atom is -0.382 e. The predicted octanol–water partition coefficient (Wildman–Crippen LogP) is 1.05. The molecule has 7 heteroatoms. The maximum Gasteiger partial charge on any atom is 0.262 e. The van der Waals surface area contributed by atoms with Crippen LogP contribution in [0, 0.1) is 0 Å². The van der Waals surface area contributed by atoms with Crippen LogP contribution in [0.4, 0.5) is 5.69 Å². The number of piperidine rings is 1. The summed E-state index contributed by atoms with van der Waals surface area (Å²) in [5, 5.41) is 5.54. The summed E-state index contributed by atoms with van der Waals surface area (Å²) in [6, 6.07) is 4.60. The molecule has 1 aliphatic carbocycles. The van der Waals surface area contributed by atoms with Crippen LogP contribution in [-0.2, 0) is 9.59 Å². The first kappa shape index (κ1) is 14.9. The molecule has 1 unspecified atom stereocenters. The van der Waals surface area contributed by atoms with Crippen molar-refractivity contribution in [2.24, 2.45) is 0 Å². The van der Waals surface area contributed by atoms with Crippen molar-refractivity contribution >= 4 is 29.3 Å². The van der Waals surface area contributed by atoms with E-state index in [1.54, 1.807) is 18.2 Å². The molecule has 2 aliphatic heterocycles. The Bertz CT molecular complexity index is 769. The van der Waals surface area contributed by atoms with Gasteiger partial charge < -0.3 is 5.32 Å². The molecule has 1 saturated carbocycles. The molecule has 0 bridgehead atoms. The lowest BCUT2D eigenvalue weighted by Gasteiger charge is -2.28. The number of nitrogens with zero attached hydrogens (tertiary/aromatic N) is 1. The number of hydrogen-bond donors (Lipinski definition) is 2. The standard InChI is InChI=1S/C17H17N3O4/c21-14-7-6-13(15(22)19-14)20-16(23)11-5-4-10(8-12(11)17(20)24)18-9-2-1-3-9/h4-5,8-9,13,18H,1-3,6-7H2,(H,19,21,22). The van der Waals surface area contributed by atoms with Crippen LogP contribution in [-0.4, -0.2) is 40.6 Å². The molecule has 4 amide bonds. The smallest absolute Gasteiger partial charge is 0.262 e. The van der Waals surface area contributed by atoms with Gasteiger partial charge in [-0.3, -0.25) is 29.4 Å². The zero-order valence-corrected chi connectivity index (χ0v) is 13.0. The monoisotopic (exact) mass is 327 g/mol. The molecule has 1 aromatic carbocycles. The molecule has 3 aliphatic rings. The maximum absolute atomic E-state index is 12.7. The quantitative estimate of drug-likeness (QED) is 0.809. The number of imide groups is 2. The predicted molar refractivity (Wildman–Crippen MR) is 84.4 cm³/mol. The second-order valence-corrected chi connectivity index (χ2v) is 6.48. The third-order valence-corrected chi connectivity index (χ3v) is 4.92. The van der Waals surface area contributed by atoms with E-state index in [1.165, 1.54) is 6.42 Å². The number of benzene rings is 1. The van der Waals surface area contributed by atoms with Crippen LogP contribution < -0.4 is 10.6 Å². The summed E-state index contributed by atoms with van der Waals surface area (Å²) in [5.41, 5.74) is 1.43. The van der Waals surface area contributed by atoms with E-state index in [9.17, 15) is 19.2 Å². The zero-order valence-electron chi connectivity index (χ0n) is 13.0. The number of nitrogens with one attached hydrogen (secondary N) is 2. The van der Waals surface area contributed by atoms with E-state index in [1.807, 2.05) is 0 Å². The van der Waals surface area contributed by atoms with Gasteiger partial charge in [0.1, 0.15) is 6.04 Å². The number of anilines is 1. The highest BCUT2D eigenvalue weighted by atomic mass is 16.2. The van der Waals surface area contributed by atoms with Crippen LogP contribution in [0.1, 0.15) is 52.8 Å². The molecule has 2 N–H and O–H groups in total. The first-order chi connectivity index (χ1) is 11.5. The average molecular weight is 327 g/mol. The molecular formula is C17H17N3O4. The summed E-state index contributed by atoms with van der Waals surface area (Å²) in [6.45, 7) is 0. The normalized spacial score (nSPS) is 23.8. The Morgan fingerprint density at radius 1 is 1.00 bits per heavy atom. The first-order valence-corrected chi connectivity index (χ1v) is 8.17. The second kappa shape index (κ2) is 5.43. The van der Waals surface area contributed by atoms with E-state index < -0.39 is 23.8 Å². The Hall–Kier alpha value is -2.70. The van der Waals surface area contributed by atoms with Crippen LogP contribution in [0.15, 0.2) is 18.2 Å². The van der Waals surface area contributed by atoms with Gasteiger partial charge in [0.2, 0.25) is 11.8 Å². The number of carbonyl (C=O) groups excluding carboxylic acids is 4. The van der Waals surface area contributed by atoms with Gasteiger partial charge in [0.05, 0.1) is 11.1 Å². The van der Waals surface area contributed by atoms with Gasteiger partial charge in [-0.15, -0.1) is 0 Å². The van der Waals surface area contributed by atoms with Crippen molar-refractivity contribution in [3.8, 4) is 0 Å². The number of hydrogen-bond acceptors (Lipinski definition) is 5. The van der Waals surface area contributed by atoms with Gasteiger partial charge in [-0.2, -0.15) is 0 Å². The Kier molecular flexibility index (Phi) is 3.37. The summed E-state index contributed by atoms with van der Waals surface area (Å²) >= 11 is 0. The zero-order chi connectivity index (χ0) is 16.8. The maximum atomic E-state index is 12.7. The average Bonchev–Trinajstić information content (AvgIpc) is 2.75. The largest absolute Gasteiger partial charge is 0.382 e. The fraction of sp³-hybridized carbons (Fsp3) is 0.412. The Morgan fingerprint density at radius 3 is 2.42 bits per heavy atom. The van der Waals surface area contributed by atoms with Crippen molar-refractivity contribution in [1.82, 2.24) is 10.2 Å². The van der Waals surface area contributed by atoms with Crippen LogP contribution in [0.3, 0.4) is 0 Å². The molecule has 7 nitrogen and oxygen atoms in total. The van der Waals surface area contributed by atoms with Crippen LogP contribution >= 0.6 is 0 Å². The fourth-order valence-corrected chi connectivity index (χ4v) is 3.35. The van der Waals surface area contributed by atoms with E-state index in [0.29, 0.717) is 17.2 Å². The number of amides is 4. The van der Waals surface area contributed by atoms with Gasteiger partial charge in [0.15, 0.2) is 0 Å². The summed E-state index contributed by atoms with van der Waals surface area (Å²) in [5.74, 6) is -1.91. The molecule has 2 fully saturated rings. The Morgan fingerprint density at radius 2 is 1.75 bits per heavy atom. The highest BCUT2D eigenvalue weighted by Gasteiger charge is 2.44. The lowest BCUT2D eigenvalue weighted by Crippen LogP contribution is -2.54. The summed E-state index contributed by atoms with van der Waals surface area (Å²) < 4.78 is 0. The van der Waals surface area contributed by atoms with Crippen molar-refractivity contribution in [2.75, 3.05) is 5.32 Å². The van der Waals surface area contributed by atoms with Gasteiger partial charge in [-0.1, -0.05) is 0 Å². The molecule has 1 saturated heterocycles. The third-order valence-electron chi connectivity index (χ3n) is 4.92. The van der Waals surface area contributed by atoms with Gasteiger partial charge in [0, 0.05) is 18.2 Å². The fourth-order valence-electron chi connectivity index (χ4n) is 3.35. The third kappa shape index (κ3) is 2.28. The number of fused-ring (bicyclic) bond motifs is 1. The van der Waals surface area contributed by atoms with Crippen molar-refractivity contribution in [1.29, 1.82) is 0 Å². The molecular weight excluding hydrogens is 310 g/mol. The molecule has 1 atom stereocenters. The minimum atomic E-state index is -0.918. The van der Waals surface area contributed by atoms with Gasteiger partial charge in [-0.25, -0.2) is 0 Å². The molecule has 0 spiro atoms. The Balaban J connectivity index is 1.60. The summed E-state index contributed by atoms with van der Waals surface area (Å²) in [6.07, 6.45) is 3.70. The van der Waals surface area contributed by atoms with Gasteiger partial charge in [0.25, 0.3) is 11.8 Å². The van der Waals surface area contributed by atoms with E-state index in [-0.39, 0.29) is 18.7 Å². The Labute approximate surface area is 138 Å². The molecule has 1 aromatic rings.